The van der Waals surface area contributed by atoms with Crippen molar-refractivity contribution in [3.63, 3.8) is 0 Å². The van der Waals surface area contributed by atoms with Crippen LogP contribution in [0.4, 0.5) is 5.69 Å². The molecule has 0 aliphatic carbocycles. The summed E-state index contributed by atoms with van der Waals surface area (Å²) in [5, 5.41) is 11.9. The van der Waals surface area contributed by atoms with Gasteiger partial charge in [-0.2, -0.15) is 0 Å². The Morgan fingerprint density at radius 3 is 3.07 bits per heavy atom. The molecule has 1 aliphatic heterocycles. The number of aryl methyl sites for hydroxylation is 1. The number of para-hydroxylation sites is 1. The van der Waals surface area contributed by atoms with E-state index in [1.807, 2.05) is 18.2 Å². The second-order valence-electron chi connectivity index (χ2n) is 3.63. The standard InChI is InChI=1S/C11H13NO2/c13-11(14)7-9-6-5-8-3-1-2-4-10(8)12-9/h1-4,9,12H,5-7H2,(H,13,14)/t9-/m1/s1. The van der Waals surface area contributed by atoms with Crippen molar-refractivity contribution in [3.05, 3.63) is 29.8 Å². The van der Waals surface area contributed by atoms with Gasteiger partial charge in [-0.25, -0.2) is 0 Å². The highest BCUT2D eigenvalue weighted by Crippen LogP contribution is 2.25. The molecular formula is C11H13NO2. The van der Waals surface area contributed by atoms with Crippen LogP contribution in [0.25, 0.3) is 0 Å². The Labute approximate surface area is 82.8 Å². The lowest BCUT2D eigenvalue weighted by Gasteiger charge is -2.25. The number of aliphatic carboxylic acids is 1. The fourth-order valence-electron chi connectivity index (χ4n) is 1.86. The normalized spacial score (nSPS) is 19.6. The SMILES string of the molecule is O=C(O)C[C@H]1CCc2ccccc2N1. The molecule has 2 N–H and O–H groups in total. The van der Waals surface area contributed by atoms with Gasteiger partial charge in [-0.1, -0.05) is 18.2 Å². The maximum Gasteiger partial charge on any atom is 0.305 e. The van der Waals surface area contributed by atoms with Crippen LogP contribution in [0.3, 0.4) is 0 Å². The Morgan fingerprint density at radius 1 is 1.50 bits per heavy atom. The van der Waals surface area contributed by atoms with Gasteiger partial charge in [0.25, 0.3) is 0 Å². The maximum atomic E-state index is 10.5. The van der Waals surface area contributed by atoms with E-state index in [1.165, 1.54) is 5.56 Å². The number of hydrogen-bond donors (Lipinski definition) is 2. The molecule has 14 heavy (non-hydrogen) atoms. The summed E-state index contributed by atoms with van der Waals surface area (Å²) >= 11 is 0. The predicted octanol–water partition coefficient (Wildman–Crippen LogP) is 1.89. The van der Waals surface area contributed by atoms with Crippen LogP contribution in [0.15, 0.2) is 24.3 Å². The smallest absolute Gasteiger partial charge is 0.305 e. The molecule has 0 aromatic heterocycles. The monoisotopic (exact) mass is 191 g/mol. The van der Waals surface area contributed by atoms with Gasteiger partial charge in [0.15, 0.2) is 0 Å². The third kappa shape index (κ3) is 1.87. The molecule has 0 radical (unpaired) electrons. The number of carboxylic acid groups (broad SMARTS) is 1. The van der Waals surface area contributed by atoms with E-state index in [0.717, 1.165) is 18.5 Å². The summed E-state index contributed by atoms with van der Waals surface area (Å²) in [5.41, 5.74) is 2.37. The summed E-state index contributed by atoms with van der Waals surface area (Å²) in [4.78, 5) is 10.5. The molecule has 1 aliphatic rings. The van der Waals surface area contributed by atoms with Crippen LogP contribution in [0.2, 0.25) is 0 Å². The van der Waals surface area contributed by atoms with Crippen molar-refractivity contribution in [2.75, 3.05) is 5.32 Å². The first-order valence-electron chi connectivity index (χ1n) is 4.82. The molecule has 2 rings (SSSR count). The zero-order valence-electron chi connectivity index (χ0n) is 7.86. The lowest BCUT2D eigenvalue weighted by molar-refractivity contribution is -0.137. The molecule has 0 spiro atoms. The Bertz CT molecular complexity index is 349. The van der Waals surface area contributed by atoms with Crippen LogP contribution in [0.5, 0.6) is 0 Å². The molecule has 1 aromatic carbocycles. The van der Waals surface area contributed by atoms with Crippen molar-refractivity contribution in [2.24, 2.45) is 0 Å². The number of hydrogen-bond acceptors (Lipinski definition) is 2. The zero-order chi connectivity index (χ0) is 9.97. The maximum absolute atomic E-state index is 10.5. The molecule has 0 unspecified atom stereocenters. The minimum absolute atomic E-state index is 0.0856. The Kier molecular flexibility index (Phi) is 2.39. The largest absolute Gasteiger partial charge is 0.481 e. The van der Waals surface area contributed by atoms with Crippen molar-refractivity contribution < 1.29 is 9.90 Å². The molecule has 1 heterocycles. The summed E-state index contributed by atoms with van der Waals surface area (Å²) in [6, 6.07) is 8.15. The van der Waals surface area contributed by atoms with E-state index in [0.29, 0.717) is 0 Å². The summed E-state index contributed by atoms with van der Waals surface area (Å²) in [5.74, 6) is -0.734. The van der Waals surface area contributed by atoms with E-state index in [2.05, 4.69) is 11.4 Å². The first-order valence-corrected chi connectivity index (χ1v) is 4.82. The van der Waals surface area contributed by atoms with Crippen molar-refractivity contribution >= 4 is 11.7 Å². The van der Waals surface area contributed by atoms with Crippen LogP contribution in [0, 0.1) is 0 Å². The van der Waals surface area contributed by atoms with Crippen molar-refractivity contribution in [1.82, 2.24) is 0 Å². The molecule has 0 bridgehead atoms. The van der Waals surface area contributed by atoms with Gasteiger partial charge in [-0.15, -0.1) is 0 Å². The van der Waals surface area contributed by atoms with Gasteiger partial charge in [-0.05, 0) is 24.5 Å². The third-order valence-electron chi connectivity index (χ3n) is 2.56. The molecule has 0 amide bonds. The average molecular weight is 191 g/mol. The molecular weight excluding hydrogens is 178 g/mol. The van der Waals surface area contributed by atoms with Gasteiger partial charge in [0.05, 0.1) is 6.42 Å². The predicted molar refractivity (Wildman–Crippen MR) is 54.4 cm³/mol. The average Bonchev–Trinajstić information content (AvgIpc) is 2.17. The topological polar surface area (TPSA) is 49.3 Å². The van der Waals surface area contributed by atoms with E-state index in [9.17, 15) is 4.79 Å². The number of benzene rings is 1. The molecule has 74 valence electrons. The van der Waals surface area contributed by atoms with E-state index in [-0.39, 0.29) is 12.5 Å². The lowest BCUT2D eigenvalue weighted by atomic mass is 9.96. The minimum atomic E-state index is -0.734. The highest BCUT2D eigenvalue weighted by Gasteiger charge is 2.18. The zero-order valence-corrected chi connectivity index (χ0v) is 7.86. The Hall–Kier alpha value is -1.51. The molecule has 3 nitrogen and oxygen atoms in total. The molecule has 0 saturated carbocycles. The Morgan fingerprint density at radius 2 is 2.29 bits per heavy atom. The number of fused-ring (bicyclic) bond motifs is 1. The lowest BCUT2D eigenvalue weighted by Crippen LogP contribution is -2.27. The third-order valence-corrected chi connectivity index (χ3v) is 2.56. The summed E-state index contributed by atoms with van der Waals surface area (Å²) in [6.07, 6.45) is 2.08. The van der Waals surface area contributed by atoms with Crippen molar-refractivity contribution in [2.45, 2.75) is 25.3 Å². The summed E-state index contributed by atoms with van der Waals surface area (Å²) in [7, 11) is 0. The van der Waals surface area contributed by atoms with E-state index in [1.54, 1.807) is 0 Å². The fraction of sp³-hybridized carbons (Fsp3) is 0.364. The van der Waals surface area contributed by atoms with Crippen molar-refractivity contribution in [1.29, 1.82) is 0 Å². The second kappa shape index (κ2) is 3.70. The number of rotatable bonds is 2. The van der Waals surface area contributed by atoms with Gasteiger partial charge < -0.3 is 10.4 Å². The quantitative estimate of drug-likeness (QED) is 0.750. The van der Waals surface area contributed by atoms with E-state index >= 15 is 0 Å². The highest BCUT2D eigenvalue weighted by atomic mass is 16.4. The van der Waals surface area contributed by atoms with Crippen molar-refractivity contribution in [3.8, 4) is 0 Å². The molecule has 1 atom stereocenters. The molecule has 0 fully saturated rings. The van der Waals surface area contributed by atoms with Crippen LogP contribution < -0.4 is 5.32 Å². The van der Waals surface area contributed by atoms with Gasteiger partial charge in [0.2, 0.25) is 0 Å². The number of carboxylic acids is 1. The number of nitrogens with one attached hydrogen (secondary N) is 1. The molecule has 3 heteroatoms. The first-order chi connectivity index (χ1) is 6.75. The van der Waals surface area contributed by atoms with Crippen LogP contribution >= 0.6 is 0 Å². The van der Waals surface area contributed by atoms with Crippen LogP contribution in [-0.2, 0) is 11.2 Å². The summed E-state index contributed by atoms with van der Waals surface area (Å²) < 4.78 is 0. The van der Waals surface area contributed by atoms with Crippen LogP contribution in [-0.4, -0.2) is 17.1 Å². The highest BCUT2D eigenvalue weighted by molar-refractivity contribution is 5.69. The van der Waals surface area contributed by atoms with E-state index < -0.39 is 5.97 Å². The minimum Gasteiger partial charge on any atom is -0.481 e. The van der Waals surface area contributed by atoms with Crippen LogP contribution in [0.1, 0.15) is 18.4 Å². The van der Waals surface area contributed by atoms with Gasteiger partial charge in [0, 0.05) is 11.7 Å². The van der Waals surface area contributed by atoms with Gasteiger partial charge in [-0.3, -0.25) is 4.79 Å². The first kappa shape index (κ1) is 9.06. The molecule has 1 aromatic rings. The van der Waals surface area contributed by atoms with Gasteiger partial charge >= 0.3 is 5.97 Å². The Balaban J connectivity index is 2.09. The number of anilines is 1. The number of carbonyl (C=O) groups is 1. The second-order valence-corrected chi connectivity index (χ2v) is 3.63. The molecule has 0 saturated heterocycles. The van der Waals surface area contributed by atoms with E-state index in [4.69, 9.17) is 5.11 Å². The van der Waals surface area contributed by atoms with Gasteiger partial charge in [0.1, 0.15) is 0 Å². The fourth-order valence-corrected chi connectivity index (χ4v) is 1.86. The summed E-state index contributed by atoms with van der Waals surface area (Å²) in [6.45, 7) is 0.